The van der Waals surface area contributed by atoms with Crippen LogP contribution in [0.3, 0.4) is 0 Å². The number of benzene rings is 1. The van der Waals surface area contributed by atoms with Crippen molar-refractivity contribution in [3.63, 3.8) is 0 Å². The van der Waals surface area contributed by atoms with Gasteiger partial charge in [-0.15, -0.1) is 0 Å². The van der Waals surface area contributed by atoms with Crippen LogP contribution in [0.15, 0.2) is 27.6 Å². The molecule has 0 aliphatic carbocycles. The van der Waals surface area contributed by atoms with Gasteiger partial charge in [0.25, 0.3) is 0 Å². The Bertz CT molecular complexity index is 575. The van der Waals surface area contributed by atoms with Crippen LogP contribution in [0.4, 0.5) is 5.69 Å². The maximum absolute atomic E-state index is 12.4. The summed E-state index contributed by atoms with van der Waals surface area (Å²) in [6, 6.07) is 4.44. The zero-order valence-corrected chi connectivity index (χ0v) is 13.1. The average Bonchev–Trinajstić information content (AvgIpc) is 2.34. The molecule has 0 aromatic heterocycles. The maximum atomic E-state index is 12.4. The second-order valence-corrected chi connectivity index (χ2v) is 6.55. The van der Waals surface area contributed by atoms with Crippen molar-refractivity contribution in [1.82, 2.24) is 9.62 Å². The van der Waals surface area contributed by atoms with E-state index in [2.05, 4.69) is 21.2 Å². The lowest BCUT2D eigenvalue weighted by molar-refractivity contribution is -0.120. The number of rotatable bonds is 5. The van der Waals surface area contributed by atoms with Crippen LogP contribution in [0.25, 0.3) is 0 Å². The van der Waals surface area contributed by atoms with Crippen LogP contribution in [0.5, 0.6) is 0 Å². The van der Waals surface area contributed by atoms with Gasteiger partial charge in [0.15, 0.2) is 0 Å². The lowest BCUT2D eigenvalue weighted by Gasteiger charge is -2.20. The molecule has 0 aliphatic rings. The number of nitrogens with two attached hydrogens (primary N) is 1. The van der Waals surface area contributed by atoms with E-state index < -0.39 is 10.0 Å². The van der Waals surface area contributed by atoms with Crippen molar-refractivity contribution in [2.24, 2.45) is 0 Å². The van der Waals surface area contributed by atoms with Crippen LogP contribution in [0.2, 0.25) is 0 Å². The molecule has 0 spiro atoms. The van der Waals surface area contributed by atoms with E-state index in [0.29, 0.717) is 10.2 Å². The van der Waals surface area contributed by atoms with Gasteiger partial charge in [0, 0.05) is 23.8 Å². The highest BCUT2D eigenvalue weighted by Gasteiger charge is 2.26. The van der Waals surface area contributed by atoms with E-state index in [-0.39, 0.29) is 23.9 Å². The van der Waals surface area contributed by atoms with Gasteiger partial charge in [0.05, 0.1) is 11.4 Å². The Hall–Kier alpha value is -1.12. The summed E-state index contributed by atoms with van der Waals surface area (Å²) >= 11 is 3.18. The first-order chi connectivity index (χ1) is 8.82. The quantitative estimate of drug-likeness (QED) is 0.768. The number of carbonyl (C=O) groups excluding carboxylic acids is 1. The van der Waals surface area contributed by atoms with Crippen LogP contribution < -0.4 is 11.1 Å². The molecule has 0 saturated heterocycles. The van der Waals surface area contributed by atoms with E-state index in [1.807, 2.05) is 0 Å². The maximum Gasteiger partial charge on any atom is 0.244 e. The van der Waals surface area contributed by atoms with Crippen molar-refractivity contribution in [1.29, 1.82) is 0 Å². The third-order valence-corrected chi connectivity index (χ3v) is 5.42. The molecule has 1 aromatic carbocycles. The van der Waals surface area contributed by atoms with Gasteiger partial charge in [0.1, 0.15) is 0 Å². The highest BCUT2D eigenvalue weighted by molar-refractivity contribution is 9.10. The summed E-state index contributed by atoms with van der Waals surface area (Å²) in [4.78, 5) is 11.4. The zero-order chi connectivity index (χ0) is 14.6. The molecule has 0 bridgehead atoms. The second kappa shape index (κ2) is 6.36. The number of hydrogen-bond donors (Lipinski definition) is 2. The van der Waals surface area contributed by atoms with Crippen LogP contribution in [0.1, 0.15) is 6.92 Å². The largest absolute Gasteiger partial charge is 0.399 e. The third-order valence-electron chi connectivity index (χ3n) is 2.53. The Balaban J connectivity index is 3.17. The summed E-state index contributed by atoms with van der Waals surface area (Å²) in [6.45, 7) is 1.66. The lowest BCUT2D eigenvalue weighted by Crippen LogP contribution is -2.39. The first-order valence-electron chi connectivity index (χ1n) is 5.58. The normalized spacial score (nSPS) is 11.6. The fourth-order valence-electron chi connectivity index (χ4n) is 1.47. The van der Waals surface area contributed by atoms with Crippen molar-refractivity contribution in [2.45, 2.75) is 11.8 Å². The molecular weight excluding hydrogens is 334 g/mol. The summed E-state index contributed by atoms with van der Waals surface area (Å²) in [7, 11) is -2.27. The molecule has 3 N–H and O–H groups in total. The fraction of sp³-hybridized carbons (Fsp3) is 0.364. The van der Waals surface area contributed by atoms with Crippen LogP contribution >= 0.6 is 15.9 Å². The van der Waals surface area contributed by atoms with E-state index in [1.165, 1.54) is 25.2 Å². The lowest BCUT2D eigenvalue weighted by atomic mass is 10.3. The molecule has 0 atom stereocenters. The van der Waals surface area contributed by atoms with Gasteiger partial charge in [-0.05, 0) is 34.1 Å². The number of anilines is 1. The summed E-state index contributed by atoms with van der Waals surface area (Å²) < 4.78 is 26.3. The Morgan fingerprint density at radius 2 is 2.11 bits per heavy atom. The van der Waals surface area contributed by atoms with E-state index in [9.17, 15) is 13.2 Å². The zero-order valence-electron chi connectivity index (χ0n) is 10.7. The van der Waals surface area contributed by atoms with E-state index in [0.717, 1.165) is 4.31 Å². The number of halogens is 1. The Labute approximate surface area is 121 Å². The molecule has 0 radical (unpaired) electrons. The second-order valence-electron chi connectivity index (χ2n) is 3.79. The van der Waals surface area contributed by atoms with E-state index in [4.69, 9.17) is 5.73 Å². The molecule has 1 rings (SSSR count). The molecule has 106 valence electrons. The van der Waals surface area contributed by atoms with Gasteiger partial charge in [-0.25, -0.2) is 8.42 Å². The average molecular weight is 350 g/mol. The minimum atomic E-state index is -3.73. The fourth-order valence-corrected chi connectivity index (χ4v) is 3.93. The van der Waals surface area contributed by atoms with Gasteiger partial charge >= 0.3 is 0 Å². The number of likely N-dealkylation sites (N-methyl/N-ethyl adjacent to an activating group) is 2. The summed E-state index contributed by atoms with van der Waals surface area (Å²) in [5, 5.41) is 2.40. The Morgan fingerprint density at radius 3 is 2.58 bits per heavy atom. The van der Waals surface area contributed by atoms with Gasteiger partial charge in [-0.3, -0.25) is 4.79 Å². The molecule has 6 nitrogen and oxygen atoms in total. The molecular formula is C11H16BrN3O3S. The van der Waals surface area contributed by atoms with Crippen molar-refractivity contribution in [3.8, 4) is 0 Å². The van der Waals surface area contributed by atoms with Crippen molar-refractivity contribution < 1.29 is 13.2 Å². The minimum Gasteiger partial charge on any atom is -0.399 e. The minimum absolute atomic E-state index is 0.0902. The number of amides is 1. The van der Waals surface area contributed by atoms with Gasteiger partial charge < -0.3 is 11.1 Å². The molecule has 8 heteroatoms. The van der Waals surface area contributed by atoms with Gasteiger partial charge in [-0.2, -0.15) is 4.31 Å². The molecule has 0 saturated carbocycles. The number of nitrogens with zero attached hydrogens (tertiary/aromatic N) is 1. The molecule has 19 heavy (non-hydrogen) atoms. The third kappa shape index (κ3) is 3.68. The number of sulfonamides is 1. The predicted octanol–water partition coefficient (Wildman–Crippen LogP) is 0.788. The first kappa shape index (κ1) is 15.9. The molecule has 0 heterocycles. The SMILES string of the molecule is CCN(CC(=O)NC)S(=O)(=O)c1ccc(N)cc1Br. The number of carbonyl (C=O) groups is 1. The molecule has 0 aliphatic heterocycles. The molecule has 1 amide bonds. The summed E-state index contributed by atoms with van der Waals surface area (Å²) in [5.41, 5.74) is 6.04. The van der Waals surface area contributed by atoms with Crippen LogP contribution in [-0.4, -0.2) is 38.8 Å². The van der Waals surface area contributed by atoms with Gasteiger partial charge in [-0.1, -0.05) is 6.92 Å². The summed E-state index contributed by atoms with van der Waals surface area (Å²) in [5.74, 6) is -0.364. The molecule has 0 fully saturated rings. The van der Waals surface area contributed by atoms with E-state index >= 15 is 0 Å². The van der Waals surface area contributed by atoms with Crippen LogP contribution in [-0.2, 0) is 14.8 Å². The van der Waals surface area contributed by atoms with Crippen molar-refractivity contribution in [3.05, 3.63) is 22.7 Å². The molecule has 0 unspecified atom stereocenters. The Kier molecular flexibility index (Phi) is 5.33. The smallest absolute Gasteiger partial charge is 0.244 e. The van der Waals surface area contributed by atoms with Crippen molar-refractivity contribution in [2.75, 3.05) is 25.9 Å². The monoisotopic (exact) mass is 349 g/mol. The number of hydrogen-bond acceptors (Lipinski definition) is 4. The first-order valence-corrected chi connectivity index (χ1v) is 7.82. The summed E-state index contributed by atoms with van der Waals surface area (Å²) in [6.07, 6.45) is 0. The number of nitrogen functional groups attached to an aromatic ring is 1. The van der Waals surface area contributed by atoms with E-state index in [1.54, 1.807) is 6.92 Å². The standard InChI is InChI=1S/C11H16BrN3O3S/c1-3-15(7-11(16)14-2)19(17,18)10-5-4-8(13)6-9(10)12/h4-6H,3,7,13H2,1-2H3,(H,14,16). The highest BCUT2D eigenvalue weighted by Crippen LogP contribution is 2.26. The Morgan fingerprint density at radius 1 is 1.47 bits per heavy atom. The van der Waals surface area contributed by atoms with Crippen LogP contribution in [0, 0.1) is 0 Å². The predicted molar refractivity (Wildman–Crippen MR) is 77.1 cm³/mol. The topological polar surface area (TPSA) is 92.5 Å². The highest BCUT2D eigenvalue weighted by atomic mass is 79.9. The van der Waals surface area contributed by atoms with Gasteiger partial charge in [0.2, 0.25) is 15.9 Å². The van der Waals surface area contributed by atoms with Crippen molar-refractivity contribution >= 4 is 37.5 Å². The number of nitrogens with one attached hydrogen (secondary N) is 1. The molecule has 1 aromatic rings.